The fraction of sp³-hybridized carbons (Fsp3) is 0. The van der Waals surface area contributed by atoms with Gasteiger partial charge >= 0.3 is 0 Å². The van der Waals surface area contributed by atoms with Gasteiger partial charge in [-0.05, 0) is 69.4 Å². The molecule has 0 saturated heterocycles. The summed E-state index contributed by atoms with van der Waals surface area (Å²) < 4.78 is 13.0. The van der Waals surface area contributed by atoms with E-state index in [1.54, 1.807) is 0 Å². The Morgan fingerprint density at radius 2 is 0.977 bits per heavy atom. The molecule has 0 N–H and O–H groups in total. The second-order valence-corrected chi connectivity index (χ2v) is 11.9. The van der Waals surface area contributed by atoms with Crippen molar-refractivity contribution in [3.8, 4) is 28.3 Å². The molecule has 0 radical (unpaired) electrons. The smallest absolute Gasteiger partial charge is 0.244 e. The molecule has 0 fully saturated rings. The normalized spacial score (nSPS) is 13.0. The van der Waals surface area contributed by atoms with Gasteiger partial charge in [-0.15, -0.1) is 0 Å². The number of nitrogens with zero attached hydrogens (tertiary/aromatic N) is 1. The fourth-order valence-corrected chi connectivity index (χ4v) is 8.23. The number of hydrogen-bond acceptors (Lipinski definition) is 3. The molecule has 0 amide bonds. The van der Waals surface area contributed by atoms with Crippen LogP contribution < -0.4 is 16.4 Å². The zero-order chi connectivity index (χ0) is 28.0. The zero-order valence-corrected chi connectivity index (χ0v) is 22.7. The van der Waals surface area contributed by atoms with Crippen LogP contribution in [-0.2, 0) is 0 Å². The van der Waals surface area contributed by atoms with E-state index in [2.05, 4.69) is 91.0 Å². The second-order valence-electron chi connectivity index (χ2n) is 11.9. The van der Waals surface area contributed by atoms with Crippen molar-refractivity contribution in [2.75, 3.05) is 0 Å². The van der Waals surface area contributed by atoms with E-state index in [0.717, 1.165) is 65.8 Å². The van der Waals surface area contributed by atoms with Crippen molar-refractivity contribution in [3.63, 3.8) is 0 Å². The number of benzene rings is 7. The highest BCUT2D eigenvalue weighted by Crippen LogP contribution is 2.45. The number of fused-ring (bicyclic) bond motifs is 12. The van der Waals surface area contributed by atoms with E-state index >= 15 is 0 Å². The Bertz CT molecular complexity index is 2630. The summed E-state index contributed by atoms with van der Waals surface area (Å²) in [6.45, 7) is 0.0220. The average Bonchev–Trinajstić information content (AvgIpc) is 3.63. The van der Waals surface area contributed by atoms with Crippen molar-refractivity contribution in [1.29, 1.82) is 5.26 Å². The Kier molecular flexibility index (Phi) is 3.74. The molecule has 2 aromatic heterocycles. The summed E-state index contributed by atoms with van der Waals surface area (Å²) in [5.41, 5.74) is 12.7. The van der Waals surface area contributed by atoms with E-state index in [1.165, 1.54) is 38.3 Å². The Morgan fingerprint density at radius 1 is 0.488 bits per heavy atom. The van der Waals surface area contributed by atoms with E-state index < -0.39 is 0 Å². The third kappa shape index (κ3) is 2.50. The largest absolute Gasteiger partial charge is 0.455 e. The molecule has 3 nitrogen and oxygen atoms in total. The fourth-order valence-electron chi connectivity index (χ4n) is 8.23. The summed E-state index contributed by atoms with van der Waals surface area (Å²) in [6.07, 6.45) is 0. The number of para-hydroxylation sites is 2. The molecule has 0 saturated carbocycles. The van der Waals surface area contributed by atoms with Gasteiger partial charge in [0.1, 0.15) is 22.3 Å². The Hall–Kier alpha value is -5.79. The summed E-state index contributed by atoms with van der Waals surface area (Å²) in [6, 6.07) is 41.0. The molecule has 2 aliphatic heterocycles. The molecule has 4 heteroatoms. The van der Waals surface area contributed by atoms with Gasteiger partial charge in [0.05, 0.1) is 11.6 Å². The van der Waals surface area contributed by atoms with Gasteiger partial charge in [0.25, 0.3) is 0 Å². The predicted octanol–water partition coefficient (Wildman–Crippen LogP) is 8.14. The van der Waals surface area contributed by atoms with Crippen LogP contribution in [-0.4, -0.2) is 6.71 Å². The zero-order valence-electron chi connectivity index (χ0n) is 22.7. The Labute approximate surface area is 245 Å². The second kappa shape index (κ2) is 7.34. The first-order valence-corrected chi connectivity index (χ1v) is 14.6. The molecule has 9 aromatic rings. The van der Waals surface area contributed by atoms with Crippen LogP contribution in [0.15, 0.2) is 118 Å². The van der Waals surface area contributed by atoms with Gasteiger partial charge < -0.3 is 8.83 Å². The van der Waals surface area contributed by atoms with Crippen LogP contribution in [0.5, 0.6) is 0 Å². The number of hydrogen-bond donors (Lipinski definition) is 0. The van der Waals surface area contributed by atoms with Crippen LogP contribution in [0.1, 0.15) is 5.56 Å². The molecule has 194 valence electrons. The van der Waals surface area contributed by atoms with Crippen LogP contribution in [0.25, 0.3) is 87.7 Å². The van der Waals surface area contributed by atoms with Crippen molar-refractivity contribution >= 4 is 88.5 Å². The van der Waals surface area contributed by atoms with Crippen molar-refractivity contribution in [3.05, 3.63) is 115 Å². The molecular weight excluding hydrogens is 525 g/mol. The first-order valence-electron chi connectivity index (χ1n) is 14.6. The minimum atomic E-state index is 0.0220. The first kappa shape index (κ1) is 21.9. The van der Waals surface area contributed by atoms with Gasteiger partial charge in [-0.3, -0.25) is 0 Å². The standard InChI is InChI=1S/C39H18BNO2/c41-19-20-15-27-25-17-29-21-7-1-3-13-33(21)42-38(29)23-9-5-11-31(35(23)25)40-32-12-6-10-24-36(32)26(28(16-20)37(27)40)18-30-22-8-2-4-14-34(22)43-39(24)30/h1-18H. The average molecular weight is 543 g/mol. The molecule has 0 bridgehead atoms. The lowest BCUT2D eigenvalue weighted by molar-refractivity contribution is 0.672. The van der Waals surface area contributed by atoms with Gasteiger partial charge in [0, 0.05) is 32.3 Å². The predicted molar refractivity (Wildman–Crippen MR) is 176 cm³/mol. The molecule has 4 heterocycles. The van der Waals surface area contributed by atoms with Crippen molar-refractivity contribution in [2.45, 2.75) is 0 Å². The quantitative estimate of drug-likeness (QED) is 0.182. The topological polar surface area (TPSA) is 50.1 Å². The van der Waals surface area contributed by atoms with E-state index in [0.29, 0.717) is 5.56 Å². The molecular formula is C39H18BNO2. The van der Waals surface area contributed by atoms with Crippen LogP contribution >= 0.6 is 0 Å². The van der Waals surface area contributed by atoms with E-state index in [9.17, 15) is 5.26 Å². The van der Waals surface area contributed by atoms with Gasteiger partial charge in [0.2, 0.25) is 6.71 Å². The highest BCUT2D eigenvalue weighted by Gasteiger charge is 2.39. The highest BCUT2D eigenvalue weighted by atomic mass is 16.3. The number of nitriles is 1. The third-order valence-electron chi connectivity index (χ3n) is 9.87. The first-order chi connectivity index (χ1) is 21.3. The summed E-state index contributed by atoms with van der Waals surface area (Å²) >= 11 is 0. The van der Waals surface area contributed by atoms with Gasteiger partial charge in [-0.25, -0.2) is 0 Å². The maximum Gasteiger partial charge on any atom is 0.244 e. The monoisotopic (exact) mass is 543 g/mol. The minimum absolute atomic E-state index is 0.0220. The lowest BCUT2D eigenvalue weighted by Gasteiger charge is -2.34. The maximum absolute atomic E-state index is 10.3. The van der Waals surface area contributed by atoms with E-state index in [4.69, 9.17) is 8.83 Å². The van der Waals surface area contributed by atoms with Gasteiger partial charge in [-0.1, -0.05) is 89.2 Å². The van der Waals surface area contributed by atoms with Crippen LogP contribution in [0, 0.1) is 11.3 Å². The summed E-state index contributed by atoms with van der Waals surface area (Å²) in [5.74, 6) is 0. The Morgan fingerprint density at radius 3 is 1.49 bits per heavy atom. The Balaban J connectivity index is 1.38. The molecule has 0 atom stereocenters. The third-order valence-corrected chi connectivity index (χ3v) is 9.87. The molecule has 11 rings (SSSR count). The van der Waals surface area contributed by atoms with Crippen LogP contribution in [0.4, 0.5) is 0 Å². The molecule has 0 aliphatic carbocycles. The van der Waals surface area contributed by atoms with Crippen LogP contribution in [0.3, 0.4) is 0 Å². The summed E-state index contributed by atoms with van der Waals surface area (Å²) in [5, 5.41) is 19.4. The number of rotatable bonds is 0. The van der Waals surface area contributed by atoms with Crippen molar-refractivity contribution < 1.29 is 8.83 Å². The molecule has 2 aliphatic rings. The molecule has 0 spiro atoms. The number of furan rings is 2. The maximum atomic E-state index is 10.3. The minimum Gasteiger partial charge on any atom is -0.455 e. The lowest BCUT2D eigenvalue weighted by Crippen LogP contribution is -2.57. The molecule has 0 unspecified atom stereocenters. The lowest BCUT2D eigenvalue weighted by atomic mass is 9.31. The SMILES string of the molecule is N#Cc1cc2c3c(c1)-c1cc4c5ccccc5oc4c4cccc(c14)B3c1cccc3c1c-2cc1c2ccccc2oc31. The van der Waals surface area contributed by atoms with E-state index in [-0.39, 0.29) is 6.71 Å². The van der Waals surface area contributed by atoms with Gasteiger partial charge in [0.15, 0.2) is 0 Å². The highest BCUT2D eigenvalue weighted by molar-refractivity contribution is 7.01. The molecule has 43 heavy (non-hydrogen) atoms. The van der Waals surface area contributed by atoms with Crippen molar-refractivity contribution in [1.82, 2.24) is 0 Å². The molecule has 7 aromatic carbocycles. The van der Waals surface area contributed by atoms with Crippen LogP contribution in [0.2, 0.25) is 0 Å². The summed E-state index contributed by atoms with van der Waals surface area (Å²) in [4.78, 5) is 0. The van der Waals surface area contributed by atoms with Gasteiger partial charge in [-0.2, -0.15) is 5.26 Å². The van der Waals surface area contributed by atoms with E-state index in [1.807, 2.05) is 24.3 Å². The summed E-state index contributed by atoms with van der Waals surface area (Å²) in [7, 11) is 0. The van der Waals surface area contributed by atoms with Crippen molar-refractivity contribution in [2.24, 2.45) is 0 Å².